The molecular weight excluding hydrogens is 494 g/mol. The smallest absolute Gasteiger partial charge is 0.261 e. The number of benzene rings is 2. The van der Waals surface area contributed by atoms with Crippen LogP contribution in [0.2, 0.25) is 0 Å². The number of pyridine rings is 1. The number of aryl methyl sites for hydroxylation is 1. The molecule has 0 spiro atoms. The number of rotatable bonds is 6. The van der Waals surface area contributed by atoms with Gasteiger partial charge in [-0.25, -0.2) is 0 Å². The fourth-order valence-corrected chi connectivity index (χ4v) is 6.62. The van der Waals surface area contributed by atoms with Crippen molar-refractivity contribution < 1.29 is 19.8 Å². The minimum absolute atomic E-state index is 0.0879. The summed E-state index contributed by atoms with van der Waals surface area (Å²) >= 11 is 0. The van der Waals surface area contributed by atoms with E-state index in [0.717, 1.165) is 23.2 Å². The number of nitrogens with zero attached hydrogens (tertiary/aromatic N) is 1. The molecule has 1 saturated heterocycles. The Morgan fingerprint density at radius 2 is 1.95 bits per heavy atom. The number of phenolic OH excluding ortho intramolecular Hbond substituents is 1. The van der Waals surface area contributed by atoms with Crippen molar-refractivity contribution in [1.29, 1.82) is 0 Å². The summed E-state index contributed by atoms with van der Waals surface area (Å²) < 4.78 is 0. The lowest BCUT2D eigenvalue weighted by atomic mass is 9.53. The first-order valence-corrected chi connectivity index (χ1v) is 13.4. The highest BCUT2D eigenvalue weighted by atomic mass is 16.3. The van der Waals surface area contributed by atoms with Crippen LogP contribution in [0.4, 0.5) is 0 Å². The highest BCUT2D eigenvalue weighted by Gasteiger charge is 2.60. The van der Waals surface area contributed by atoms with E-state index in [1.54, 1.807) is 18.2 Å². The van der Waals surface area contributed by atoms with E-state index >= 15 is 0 Å². The van der Waals surface area contributed by atoms with Gasteiger partial charge < -0.3 is 30.2 Å². The maximum Gasteiger partial charge on any atom is 0.261 e. The van der Waals surface area contributed by atoms with Crippen LogP contribution in [0, 0.1) is 6.92 Å². The molecule has 1 aliphatic carbocycles. The summed E-state index contributed by atoms with van der Waals surface area (Å²) in [7, 11) is 1.98. The highest BCUT2D eigenvalue weighted by molar-refractivity contribution is 5.95. The second-order valence-corrected chi connectivity index (χ2v) is 11.2. The third-order valence-corrected chi connectivity index (χ3v) is 8.99. The fraction of sp³-hybridized carbons (Fsp3) is 0.387. The number of carbonyl (C=O) groups is 2. The Balaban J connectivity index is 1.52. The van der Waals surface area contributed by atoms with Crippen molar-refractivity contribution in [2.24, 2.45) is 0 Å². The molecule has 2 aromatic carbocycles. The van der Waals surface area contributed by atoms with E-state index in [4.69, 9.17) is 0 Å². The van der Waals surface area contributed by atoms with Gasteiger partial charge in [-0.2, -0.15) is 0 Å². The van der Waals surface area contributed by atoms with Gasteiger partial charge in [0.05, 0.1) is 11.6 Å². The molecule has 204 valence electrons. The number of aromatic nitrogens is 1. The molecule has 2 heterocycles. The average molecular weight is 530 g/mol. The molecule has 5 rings (SSSR count). The van der Waals surface area contributed by atoms with Crippen molar-refractivity contribution in [1.82, 2.24) is 15.2 Å². The molecule has 8 nitrogen and oxygen atoms in total. The SMILES string of the molecule is Cc1ccc(O)cc1C12CCN(C)C(C)C1(O)Cc1cc(C(=O)NC(C=O)Cc3ccccc3)c(=O)[nH]c1C2. The maximum absolute atomic E-state index is 13.2. The first kappa shape index (κ1) is 26.8. The van der Waals surface area contributed by atoms with E-state index < -0.39 is 28.5 Å². The van der Waals surface area contributed by atoms with Crippen LogP contribution in [0.3, 0.4) is 0 Å². The zero-order valence-corrected chi connectivity index (χ0v) is 22.5. The van der Waals surface area contributed by atoms with Gasteiger partial charge in [0.15, 0.2) is 0 Å². The number of hydrogen-bond acceptors (Lipinski definition) is 6. The Kier molecular flexibility index (Phi) is 6.95. The lowest BCUT2D eigenvalue weighted by molar-refractivity contribution is -0.132. The van der Waals surface area contributed by atoms with Gasteiger partial charge in [0.25, 0.3) is 11.5 Å². The van der Waals surface area contributed by atoms with E-state index in [0.29, 0.717) is 36.8 Å². The van der Waals surface area contributed by atoms with Gasteiger partial charge in [0.1, 0.15) is 17.6 Å². The number of phenols is 1. The first-order chi connectivity index (χ1) is 18.6. The van der Waals surface area contributed by atoms with Crippen molar-refractivity contribution in [3.63, 3.8) is 0 Å². The number of carbonyl (C=O) groups excluding carboxylic acids is 2. The standard InChI is InChI=1S/C31H35N3O5/c1-19-9-10-24(36)15-26(19)30-11-12-34(3)20(2)31(30,39)16-22-14-25(29(38)33-27(22)17-30)28(37)32-23(18-35)13-21-7-5-4-6-8-21/h4-10,14-15,18,20,23,36,39H,11-13,16-17H2,1-3H3,(H,32,37)(H,33,38). The Hall–Kier alpha value is -3.75. The van der Waals surface area contributed by atoms with Crippen LogP contribution < -0.4 is 10.9 Å². The van der Waals surface area contributed by atoms with Gasteiger partial charge >= 0.3 is 0 Å². The van der Waals surface area contributed by atoms with E-state index in [1.165, 1.54) is 0 Å². The van der Waals surface area contributed by atoms with E-state index in [9.17, 15) is 24.6 Å². The van der Waals surface area contributed by atoms with Crippen molar-refractivity contribution in [2.75, 3.05) is 13.6 Å². The molecule has 8 heteroatoms. The van der Waals surface area contributed by atoms with Crippen molar-refractivity contribution >= 4 is 12.2 Å². The van der Waals surface area contributed by atoms with E-state index in [1.807, 2.05) is 57.3 Å². The number of amides is 1. The minimum atomic E-state index is -1.23. The summed E-state index contributed by atoms with van der Waals surface area (Å²) in [5.41, 5.74) is 1.51. The molecule has 39 heavy (non-hydrogen) atoms. The first-order valence-electron chi connectivity index (χ1n) is 13.4. The molecule has 1 aliphatic heterocycles. The molecule has 4 N–H and O–H groups in total. The zero-order chi connectivity index (χ0) is 27.9. The van der Waals surface area contributed by atoms with Gasteiger partial charge in [0.2, 0.25) is 0 Å². The van der Waals surface area contributed by atoms with Gasteiger partial charge in [-0.3, -0.25) is 9.59 Å². The van der Waals surface area contributed by atoms with Crippen LogP contribution in [-0.4, -0.2) is 63.6 Å². The van der Waals surface area contributed by atoms with Crippen LogP contribution in [0.5, 0.6) is 5.75 Å². The molecule has 1 fully saturated rings. The predicted molar refractivity (Wildman–Crippen MR) is 148 cm³/mol. The van der Waals surface area contributed by atoms with Crippen LogP contribution in [0.15, 0.2) is 59.4 Å². The highest BCUT2D eigenvalue weighted by Crippen LogP contribution is 2.53. The number of nitrogens with one attached hydrogen (secondary N) is 2. The van der Waals surface area contributed by atoms with Gasteiger partial charge in [0, 0.05) is 30.0 Å². The number of likely N-dealkylation sites (tertiary alicyclic amines) is 1. The van der Waals surface area contributed by atoms with Crippen LogP contribution in [0.1, 0.15) is 51.7 Å². The molecule has 3 aromatic rings. The molecule has 0 saturated carbocycles. The third-order valence-electron chi connectivity index (χ3n) is 8.99. The summed E-state index contributed by atoms with van der Waals surface area (Å²) in [5.74, 6) is -0.501. The monoisotopic (exact) mass is 529 g/mol. The van der Waals surface area contributed by atoms with E-state index in [2.05, 4.69) is 15.2 Å². The second-order valence-electron chi connectivity index (χ2n) is 11.2. The number of aliphatic hydroxyl groups is 1. The summed E-state index contributed by atoms with van der Waals surface area (Å²) in [5, 5.41) is 25.5. The molecule has 2 aliphatic rings. The van der Waals surface area contributed by atoms with Crippen LogP contribution in [-0.2, 0) is 29.5 Å². The normalized spacial score (nSPS) is 25.3. The van der Waals surface area contributed by atoms with Crippen molar-refractivity contribution in [3.8, 4) is 5.75 Å². The van der Waals surface area contributed by atoms with E-state index in [-0.39, 0.29) is 23.8 Å². The molecule has 1 amide bonds. The number of aromatic amines is 1. The Bertz CT molecular complexity index is 1470. The maximum atomic E-state index is 13.2. The van der Waals surface area contributed by atoms with Crippen molar-refractivity contribution in [2.45, 2.75) is 62.6 Å². The Morgan fingerprint density at radius 3 is 2.67 bits per heavy atom. The lowest BCUT2D eigenvalue weighted by Crippen LogP contribution is -2.70. The number of fused-ring (bicyclic) bond motifs is 2. The lowest BCUT2D eigenvalue weighted by Gasteiger charge is -2.59. The summed E-state index contributed by atoms with van der Waals surface area (Å²) in [6.07, 6.45) is 2.21. The van der Waals surface area contributed by atoms with Crippen LogP contribution >= 0.6 is 0 Å². The molecule has 0 radical (unpaired) electrons. The fourth-order valence-electron chi connectivity index (χ4n) is 6.62. The zero-order valence-electron chi connectivity index (χ0n) is 22.5. The second kappa shape index (κ2) is 10.1. The Morgan fingerprint density at radius 1 is 1.21 bits per heavy atom. The predicted octanol–water partition coefficient (Wildman–Crippen LogP) is 2.42. The molecule has 4 unspecified atom stereocenters. The number of H-pyrrole nitrogens is 1. The number of aromatic hydroxyl groups is 1. The summed E-state index contributed by atoms with van der Waals surface area (Å²) in [4.78, 5) is 43.1. The quantitative estimate of drug-likeness (QED) is 0.364. The summed E-state index contributed by atoms with van der Waals surface area (Å²) in [6, 6.07) is 15.1. The van der Waals surface area contributed by atoms with Gasteiger partial charge in [-0.05, 0) is 80.7 Å². The molecule has 0 bridgehead atoms. The van der Waals surface area contributed by atoms with Gasteiger partial charge in [-0.15, -0.1) is 0 Å². The third kappa shape index (κ3) is 4.57. The number of aldehydes is 1. The summed E-state index contributed by atoms with van der Waals surface area (Å²) in [6.45, 7) is 4.71. The Labute approximate surface area is 227 Å². The number of likely N-dealkylation sites (N-methyl/N-ethyl adjacent to an activating group) is 1. The molecule has 4 atom stereocenters. The largest absolute Gasteiger partial charge is 0.508 e. The molecular formula is C31H35N3O5. The van der Waals surface area contributed by atoms with Crippen LogP contribution in [0.25, 0.3) is 0 Å². The van der Waals surface area contributed by atoms with Gasteiger partial charge in [-0.1, -0.05) is 36.4 Å². The number of hydrogen-bond donors (Lipinski definition) is 4. The topological polar surface area (TPSA) is 123 Å². The van der Waals surface area contributed by atoms with Crippen molar-refractivity contribution in [3.05, 3.63) is 98.5 Å². The number of piperidine rings is 1. The minimum Gasteiger partial charge on any atom is -0.508 e. The molecule has 1 aromatic heterocycles. The average Bonchev–Trinajstić information content (AvgIpc) is 2.92.